The molecule has 0 bridgehead atoms. The van der Waals surface area contributed by atoms with E-state index in [1.54, 1.807) is 18.3 Å². The standard InChI is InChI=1S/C28H23F3N4/c1-2-3-5-17-6-4-7-18(12-17)15-26-33-28(35-34-26)22-14-19(8-9-23(22)29)13-21-24(30)16-25-20(27(21)31)10-11-32-25/h2,4,6-12,14,16,32H,1,3,5,13,15H2,(H,33,34,35). The van der Waals surface area contributed by atoms with Crippen molar-refractivity contribution in [1.82, 2.24) is 20.2 Å². The van der Waals surface area contributed by atoms with Gasteiger partial charge in [0.25, 0.3) is 0 Å². The zero-order chi connectivity index (χ0) is 24.4. The summed E-state index contributed by atoms with van der Waals surface area (Å²) in [7, 11) is 0. The molecular formula is C28H23F3N4. The molecule has 0 aliphatic carbocycles. The Morgan fingerprint density at radius 3 is 2.57 bits per heavy atom. The second-order valence-electron chi connectivity index (χ2n) is 8.51. The van der Waals surface area contributed by atoms with Crippen LogP contribution < -0.4 is 0 Å². The molecule has 0 spiro atoms. The van der Waals surface area contributed by atoms with Gasteiger partial charge in [-0.25, -0.2) is 18.2 Å². The highest BCUT2D eigenvalue weighted by atomic mass is 19.1. The van der Waals surface area contributed by atoms with Crippen LogP contribution in [0.5, 0.6) is 0 Å². The van der Waals surface area contributed by atoms with E-state index in [2.05, 4.69) is 38.9 Å². The molecular weight excluding hydrogens is 449 g/mol. The van der Waals surface area contributed by atoms with Gasteiger partial charge in [0.2, 0.25) is 0 Å². The highest BCUT2D eigenvalue weighted by molar-refractivity contribution is 5.81. The second kappa shape index (κ2) is 9.62. The minimum atomic E-state index is -0.654. The van der Waals surface area contributed by atoms with E-state index in [9.17, 15) is 13.2 Å². The number of fused-ring (bicyclic) bond motifs is 1. The van der Waals surface area contributed by atoms with E-state index in [-0.39, 0.29) is 23.4 Å². The summed E-state index contributed by atoms with van der Waals surface area (Å²) in [5.41, 5.74) is 3.32. The Morgan fingerprint density at radius 2 is 1.71 bits per heavy atom. The molecule has 2 heterocycles. The average Bonchev–Trinajstić information content (AvgIpc) is 3.51. The number of benzene rings is 3. The SMILES string of the molecule is C=CCCc1cccc(Cc2nc(-c3cc(Cc4c(F)cc5[nH]ccc5c4F)ccc3F)n[nH]2)c1. The largest absolute Gasteiger partial charge is 0.361 e. The van der Waals surface area contributed by atoms with E-state index in [1.807, 2.05) is 18.2 Å². The summed E-state index contributed by atoms with van der Waals surface area (Å²) < 4.78 is 44.1. The van der Waals surface area contributed by atoms with Crippen LogP contribution in [-0.4, -0.2) is 20.2 Å². The molecule has 2 aromatic heterocycles. The average molecular weight is 473 g/mol. The quantitative estimate of drug-likeness (QED) is 0.248. The Balaban J connectivity index is 1.39. The van der Waals surface area contributed by atoms with Crippen LogP contribution in [0.2, 0.25) is 0 Å². The van der Waals surface area contributed by atoms with Gasteiger partial charge in [0.05, 0.1) is 11.1 Å². The number of H-pyrrole nitrogens is 2. The third-order valence-electron chi connectivity index (χ3n) is 6.02. The smallest absolute Gasteiger partial charge is 0.184 e. The number of halogens is 3. The molecule has 0 aliphatic heterocycles. The Labute approximate surface area is 200 Å². The predicted molar refractivity (Wildman–Crippen MR) is 131 cm³/mol. The van der Waals surface area contributed by atoms with Crippen molar-refractivity contribution in [3.8, 4) is 11.4 Å². The van der Waals surface area contributed by atoms with Crippen molar-refractivity contribution >= 4 is 10.9 Å². The Morgan fingerprint density at radius 1 is 0.886 bits per heavy atom. The fourth-order valence-corrected chi connectivity index (χ4v) is 4.25. The van der Waals surface area contributed by atoms with Gasteiger partial charge in [-0.3, -0.25) is 5.10 Å². The summed E-state index contributed by atoms with van der Waals surface area (Å²) in [6.07, 6.45) is 5.75. The fraction of sp³-hybridized carbons (Fsp3) is 0.143. The first-order valence-electron chi connectivity index (χ1n) is 11.3. The first kappa shape index (κ1) is 22.7. The van der Waals surface area contributed by atoms with Crippen LogP contribution in [0.25, 0.3) is 22.3 Å². The molecule has 176 valence electrons. The molecule has 0 saturated carbocycles. The van der Waals surface area contributed by atoms with Crippen molar-refractivity contribution in [2.45, 2.75) is 25.7 Å². The summed E-state index contributed by atoms with van der Waals surface area (Å²) in [6.45, 7) is 3.76. The number of rotatable bonds is 8. The monoisotopic (exact) mass is 472 g/mol. The van der Waals surface area contributed by atoms with Crippen LogP contribution in [0, 0.1) is 17.5 Å². The van der Waals surface area contributed by atoms with Crippen molar-refractivity contribution in [2.75, 3.05) is 0 Å². The Bertz CT molecular complexity index is 1520. The van der Waals surface area contributed by atoms with Crippen molar-refractivity contribution < 1.29 is 13.2 Å². The molecule has 3 aromatic carbocycles. The molecule has 0 unspecified atom stereocenters. The maximum absolute atomic E-state index is 14.9. The van der Waals surface area contributed by atoms with E-state index in [1.165, 1.54) is 23.8 Å². The van der Waals surface area contributed by atoms with Crippen LogP contribution in [0.1, 0.15) is 34.5 Å². The van der Waals surface area contributed by atoms with Crippen LogP contribution in [0.15, 0.2) is 73.4 Å². The molecule has 35 heavy (non-hydrogen) atoms. The van der Waals surface area contributed by atoms with Crippen LogP contribution in [0.4, 0.5) is 13.2 Å². The van der Waals surface area contributed by atoms with E-state index >= 15 is 0 Å². The molecule has 0 fully saturated rings. The number of aryl methyl sites for hydroxylation is 1. The predicted octanol–water partition coefficient (Wildman–Crippen LogP) is 6.67. The Hall–Kier alpha value is -4.13. The van der Waals surface area contributed by atoms with Gasteiger partial charge in [0.1, 0.15) is 23.3 Å². The third kappa shape index (κ3) is 4.75. The highest BCUT2D eigenvalue weighted by Crippen LogP contribution is 2.28. The summed E-state index contributed by atoms with van der Waals surface area (Å²) in [4.78, 5) is 7.28. The summed E-state index contributed by atoms with van der Waals surface area (Å²) in [5, 5.41) is 7.39. The number of aromatic nitrogens is 4. The normalized spacial score (nSPS) is 11.3. The lowest BCUT2D eigenvalue weighted by atomic mass is 10.00. The molecule has 4 nitrogen and oxygen atoms in total. The molecule has 7 heteroatoms. The molecule has 0 radical (unpaired) electrons. The van der Waals surface area contributed by atoms with Gasteiger partial charge in [-0.1, -0.05) is 36.4 Å². The van der Waals surface area contributed by atoms with Gasteiger partial charge >= 0.3 is 0 Å². The summed E-state index contributed by atoms with van der Waals surface area (Å²) in [6, 6.07) is 15.3. The zero-order valence-electron chi connectivity index (χ0n) is 18.9. The van der Waals surface area contributed by atoms with Gasteiger partial charge in [-0.05, 0) is 53.8 Å². The molecule has 5 rings (SSSR count). The lowest BCUT2D eigenvalue weighted by molar-refractivity contribution is 0.570. The van der Waals surface area contributed by atoms with E-state index in [0.29, 0.717) is 28.7 Å². The van der Waals surface area contributed by atoms with Gasteiger partial charge in [-0.2, -0.15) is 5.10 Å². The maximum Gasteiger partial charge on any atom is 0.184 e. The molecule has 0 atom stereocenters. The third-order valence-corrected chi connectivity index (χ3v) is 6.02. The second-order valence-corrected chi connectivity index (χ2v) is 8.51. The molecule has 2 N–H and O–H groups in total. The van der Waals surface area contributed by atoms with Gasteiger partial charge < -0.3 is 4.98 Å². The van der Waals surface area contributed by atoms with Crippen LogP contribution >= 0.6 is 0 Å². The number of aromatic amines is 2. The topological polar surface area (TPSA) is 57.4 Å². The van der Waals surface area contributed by atoms with E-state index in [4.69, 9.17) is 0 Å². The van der Waals surface area contributed by atoms with Crippen molar-refractivity contribution in [2.24, 2.45) is 0 Å². The maximum atomic E-state index is 14.9. The zero-order valence-corrected chi connectivity index (χ0v) is 18.9. The first-order valence-corrected chi connectivity index (χ1v) is 11.3. The molecule has 5 aromatic rings. The van der Waals surface area contributed by atoms with Gasteiger partial charge in [0, 0.05) is 30.0 Å². The van der Waals surface area contributed by atoms with Crippen molar-refractivity contribution in [3.63, 3.8) is 0 Å². The van der Waals surface area contributed by atoms with E-state index < -0.39 is 17.5 Å². The Kier molecular flexibility index (Phi) is 6.23. The van der Waals surface area contributed by atoms with Crippen LogP contribution in [-0.2, 0) is 19.3 Å². The van der Waals surface area contributed by atoms with Crippen molar-refractivity contribution in [3.05, 3.63) is 119 Å². The molecule has 0 saturated heterocycles. The molecule has 0 aliphatic rings. The molecule has 0 amide bonds. The summed E-state index contributed by atoms with van der Waals surface area (Å²) in [5.74, 6) is -0.987. The lowest BCUT2D eigenvalue weighted by Crippen LogP contribution is -1.99. The minimum Gasteiger partial charge on any atom is -0.361 e. The number of nitrogens with one attached hydrogen (secondary N) is 2. The fourth-order valence-electron chi connectivity index (χ4n) is 4.25. The van der Waals surface area contributed by atoms with E-state index in [0.717, 1.165) is 18.4 Å². The number of hydrogen-bond donors (Lipinski definition) is 2. The number of allylic oxidation sites excluding steroid dienone is 1. The van der Waals surface area contributed by atoms with Gasteiger partial charge in [0.15, 0.2) is 5.82 Å². The lowest BCUT2D eigenvalue weighted by Gasteiger charge is -2.08. The number of nitrogens with zero attached hydrogens (tertiary/aromatic N) is 2. The van der Waals surface area contributed by atoms with Gasteiger partial charge in [-0.15, -0.1) is 6.58 Å². The van der Waals surface area contributed by atoms with Crippen molar-refractivity contribution in [1.29, 1.82) is 0 Å². The highest BCUT2D eigenvalue weighted by Gasteiger charge is 2.17. The first-order chi connectivity index (χ1) is 17.0. The minimum absolute atomic E-state index is 0.0269. The van der Waals surface area contributed by atoms with Crippen LogP contribution in [0.3, 0.4) is 0 Å². The summed E-state index contributed by atoms with van der Waals surface area (Å²) >= 11 is 0. The number of hydrogen-bond acceptors (Lipinski definition) is 2.